The zero-order valence-electron chi connectivity index (χ0n) is 20.8. The molecule has 2 unspecified atom stereocenters. The molecule has 4 rings (SSSR count). The highest BCUT2D eigenvalue weighted by atomic mass is 19.2. The number of halogens is 4. The minimum atomic E-state index is -1.28. The van der Waals surface area contributed by atoms with Gasteiger partial charge in [0.25, 0.3) is 0 Å². The molecule has 0 N–H and O–H groups in total. The molecular weight excluding hydrogens is 468 g/mol. The van der Waals surface area contributed by atoms with Gasteiger partial charge in [0.15, 0.2) is 23.2 Å². The summed E-state index contributed by atoms with van der Waals surface area (Å²) in [6.07, 6.45) is 6.75. The second-order valence-corrected chi connectivity index (χ2v) is 9.38. The first-order valence-corrected chi connectivity index (χ1v) is 12.7. The molecule has 0 aromatic heterocycles. The van der Waals surface area contributed by atoms with Crippen molar-refractivity contribution in [2.24, 2.45) is 5.92 Å². The van der Waals surface area contributed by atoms with E-state index in [1.807, 2.05) is 12.1 Å². The Hall–Kier alpha value is -2.86. The third-order valence-corrected chi connectivity index (χ3v) is 6.90. The summed E-state index contributed by atoms with van der Waals surface area (Å²) in [5, 5.41) is 0. The summed E-state index contributed by atoms with van der Waals surface area (Å²) in [6.45, 7) is 4.83. The summed E-state index contributed by atoms with van der Waals surface area (Å²) >= 11 is 0. The fourth-order valence-electron chi connectivity index (χ4n) is 4.89. The van der Waals surface area contributed by atoms with Crippen molar-refractivity contribution in [1.82, 2.24) is 0 Å². The van der Waals surface area contributed by atoms with Crippen molar-refractivity contribution < 1.29 is 27.0 Å². The van der Waals surface area contributed by atoms with Crippen LogP contribution in [0.4, 0.5) is 17.6 Å². The number of hydrogen-bond donors (Lipinski definition) is 0. The van der Waals surface area contributed by atoms with Crippen molar-refractivity contribution >= 4 is 0 Å². The molecule has 6 heteroatoms. The molecular formula is C30H32F4O2. The lowest BCUT2D eigenvalue weighted by atomic mass is 9.92. The highest BCUT2D eigenvalue weighted by Crippen LogP contribution is 2.35. The van der Waals surface area contributed by atoms with Gasteiger partial charge in [-0.3, -0.25) is 0 Å². The average Bonchev–Trinajstić information content (AvgIpc) is 2.89. The molecule has 1 heterocycles. The van der Waals surface area contributed by atoms with E-state index in [1.165, 1.54) is 43.5 Å². The molecule has 0 spiro atoms. The quantitative estimate of drug-likeness (QED) is 0.274. The maximum atomic E-state index is 15.0. The van der Waals surface area contributed by atoms with Crippen molar-refractivity contribution in [3.63, 3.8) is 0 Å². The van der Waals surface area contributed by atoms with Crippen LogP contribution >= 0.6 is 0 Å². The van der Waals surface area contributed by atoms with E-state index < -0.39 is 23.3 Å². The van der Waals surface area contributed by atoms with E-state index in [0.717, 1.165) is 31.4 Å². The van der Waals surface area contributed by atoms with E-state index in [4.69, 9.17) is 9.47 Å². The van der Waals surface area contributed by atoms with E-state index in [1.54, 1.807) is 19.1 Å². The Labute approximate surface area is 210 Å². The minimum absolute atomic E-state index is 0.0622. The SMILES string of the molecule is CCCC1CCC(CCc2ccc(-c3ccc(-c4ccc(OCC)c(F)c4F)c(F)c3F)cc2)OC1. The smallest absolute Gasteiger partial charge is 0.201 e. The van der Waals surface area contributed by atoms with Gasteiger partial charge < -0.3 is 9.47 Å². The Morgan fingerprint density at radius 2 is 1.39 bits per heavy atom. The average molecular weight is 501 g/mol. The third-order valence-electron chi connectivity index (χ3n) is 6.90. The summed E-state index contributed by atoms with van der Waals surface area (Å²) in [5.74, 6) is -4.43. The van der Waals surface area contributed by atoms with Crippen LogP contribution in [0, 0.1) is 29.2 Å². The predicted molar refractivity (Wildman–Crippen MR) is 134 cm³/mol. The zero-order chi connectivity index (χ0) is 25.7. The number of aryl methyl sites for hydroxylation is 1. The van der Waals surface area contributed by atoms with E-state index in [-0.39, 0.29) is 35.2 Å². The molecule has 1 aliphatic heterocycles. The van der Waals surface area contributed by atoms with Gasteiger partial charge >= 0.3 is 0 Å². The van der Waals surface area contributed by atoms with Gasteiger partial charge in [0.1, 0.15) is 0 Å². The monoisotopic (exact) mass is 500 g/mol. The van der Waals surface area contributed by atoms with Crippen LogP contribution in [0.5, 0.6) is 5.75 Å². The van der Waals surface area contributed by atoms with Crippen molar-refractivity contribution in [3.8, 4) is 28.0 Å². The second-order valence-electron chi connectivity index (χ2n) is 9.38. The molecule has 0 bridgehead atoms. The third kappa shape index (κ3) is 5.75. The van der Waals surface area contributed by atoms with Gasteiger partial charge in [0, 0.05) is 23.3 Å². The highest BCUT2D eigenvalue weighted by Gasteiger charge is 2.23. The Kier molecular flexibility index (Phi) is 8.68. The fraction of sp³-hybridized carbons (Fsp3) is 0.400. The highest BCUT2D eigenvalue weighted by molar-refractivity contribution is 5.72. The van der Waals surface area contributed by atoms with Crippen molar-refractivity contribution in [2.45, 2.75) is 58.5 Å². The molecule has 3 aromatic carbocycles. The molecule has 0 amide bonds. The van der Waals surface area contributed by atoms with Crippen LogP contribution in [0.15, 0.2) is 48.5 Å². The number of ether oxygens (including phenoxy) is 2. The zero-order valence-corrected chi connectivity index (χ0v) is 20.8. The van der Waals surface area contributed by atoms with E-state index in [9.17, 15) is 13.2 Å². The van der Waals surface area contributed by atoms with Crippen LogP contribution in [0.25, 0.3) is 22.3 Å². The van der Waals surface area contributed by atoms with Crippen LogP contribution in [0.2, 0.25) is 0 Å². The summed E-state index contributed by atoms with van der Waals surface area (Å²) in [7, 11) is 0. The summed E-state index contributed by atoms with van der Waals surface area (Å²) in [4.78, 5) is 0. The number of hydrogen-bond acceptors (Lipinski definition) is 2. The van der Waals surface area contributed by atoms with Crippen LogP contribution in [0.3, 0.4) is 0 Å². The molecule has 0 saturated carbocycles. The second kappa shape index (κ2) is 11.9. The van der Waals surface area contributed by atoms with Crippen LogP contribution in [-0.4, -0.2) is 19.3 Å². The van der Waals surface area contributed by atoms with Crippen molar-refractivity contribution in [3.05, 3.63) is 77.4 Å². The first-order chi connectivity index (χ1) is 17.4. The van der Waals surface area contributed by atoms with Gasteiger partial charge in [0.05, 0.1) is 12.7 Å². The van der Waals surface area contributed by atoms with Crippen LogP contribution in [-0.2, 0) is 11.2 Å². The lowest BCUT2D eigenvalue weighted by Gasteiger charge is -2.29. The number of benzene rings is 3. The maximum Gasteiger partial charge on any atom is 0.201 e. The van der Waals surface area contributed by atoms with Gasteiger partial charge in [-0.1, -0.05) is 49.7 Å². The summed E-state index contributed by atoms with van der Waals surface area (Å²) < 4.78 is 69.8. The van der Waals surface area contributed by atoms with Gasteiger partial charge in [0.2, 0.25) is 5.82 Å². The van der Waals surface area contributed by atoms with Gasteiger partial charge in [-0.2, -0.15) is 4.39 Å². The topological polar surface area (TPSA) is 18.5 Å². The Balaban J connectivity index is 1.45. The minimum Gasteiger partial charge on any atom is -0.491 e. The largest absolute Gasteiger partial charge is 0.491 e. The van der Waals surface area contributed by atoms with E-state index >= 15 is 4.39 Å². The predicted octanol–water partition coefficient (Wildman–Crippen LogP) is 8.50. The molecule has 2 atom stereocenters. The van der Waals surface area contributed by atoms with Gasteiger partial charge in [-0.15, -0.1) is 0 Å². The maximum absolute atomic E-state index is 15.0. The first kappa shape index (κ1) is 26.2. The lowest BCUT2D eigenvalue weighted by Crippen LogP contribution is -2.26. The number of rotatable bonds is 9. The Morgan fingerprint density at radius 1 is 0.750 bits per heavy atom. The first-order valence-electron chi connectivity index (χ1n) is 12.7. The molecule has 192 valence electrons. The van der Waals surface area contributed by atoms with Gasteiger partial charge in [-0.05, 0) is 68.2 Å². The van der Waals surface area contributed by atoms with Crippen molar-refractivity contribution in [2.75, 3.05) is 13.2 Å². The molecule has 0 aliphatic carbocycles. The van der Waals surface area contributed by atoms with E-state index in [0.29, 0.717) is 11.5 Å². The lowest BCUT2D eigenvalue weighted by molar-refractivity contribution is -0.0215. The van der Waals surface area contributed by atoms with Crippen LogP contribution < -0.4 is 4.74 Å². The van der Waals surface area contributed by atoms with E-state index in [2.05, 4.69) is 6.92 Å². The standard InChI is InChI=1S/C30H32F4O2/c1-3-5-20-9-13-22(36-18-20)12-8-19-6-10-21(11-7-19)23-14-15-24(28(32)27(23)31)25-16-17-26(35-4-2)30(34)29(25)33/h6-7,10-11,14-17,20,22H,3-5,8-9,12-13,18H2,1-2H3. The normalized spacial score (nSPS) is 17.8. The molecule has 0 radical (unpaired) electrons. The fourth-order valence-corrected chi connectivity index (χ4v) is 4.89. The summed E-state index contributed by atoms with van der Waals surface area (Å²) in [6, 6.07) is 12.4. The molecule has 3 aromatic rings. The molecule has 1 fully saturated rings. The molecule has 1 aliphatic rings. The Morgan fingerprint density at radius 3 is 2.03 bits per heavy atom. The molecule has 36 heavy (non-hydrogen) atoms. The van der Waals surface area contributed by atoms with Crippen molar-refractivity contribution in [1.29, 1.82) is 0 Å². The Bertz CT molecular complexity index is 1170. The van der Waals surface area contributed by atoms with Gasteiger partial charge in [-0.25, -0.2) is 13.2 Å². The summed E-state index contributed by atoms with van der Waals surface area (Å²) in [5.41, 5.74) is 0.965. The van der Waals surface area contributed by atoms with Crippen LogP contribution in [0.1, 0.15) is 51.5 Å². The molecule has 1 saturated heterocycles. The molecule has 2 nitrogen and oxygen atoms in total.